The maximum atomic E-state index is 11.4. The summed E-state index contributed by atoms with van der Waals surface area (Å²) in [6.45, 7) is 5.51. The molecular formula is C14H15BrN2O3. The highest BCUT2D eigenvalue weighted by atomic mass is 79.9. The summed E-state index contributed by atoms with van der Waals surface area (Å²) in [6, 6.07) is 5.45. The summed E-state index contributed by atoms with van der Waals surface area (Å²) < 4.78 is 6.56. The molecule has 1 heterocycles. The van der Waals surface area contributed by atoms with Gasteiger partial charge in [-0.15, -0.1) is 0 Å². The molecule has 0 aliphatic rings. The molecule has 0 saturated carbocycles. The number of hydrogen-bond donors (Lipinski definition) is 2. The third-order valence-electron chi connectivity index (χ3n) is 2.72. The highest BCUT2D eigenvalue weighted by Gasteiger charge is 2.21. The normalized spacial score (nSPS) is 10.8. The van der Waals surface area contributed by atoms with E-state index in [2.05, 4.69) is 26.1 Å². The number of carboxylic acid groups (broad SMARTS) is 1. The second-order valence-corrected chi connectivity index (χ2v) is 5.60. The standard InChI is InChI=1S/C14H15BrN2O3/c1-7(2)20-11-5-4-9(15)6-10(11)13-12(14(18)19)8(3)16-17-13/h4-7H,1-3H3,(H,16,17)(H,18,19). The van der Waals surface area contributed by atoms with Crippen LogP contribution >= 0.6 is 15.9 Å². The quantitative estimate of drug-likeness (QED) is 0.892. The molecule has 0 fully saturated rings. The number of hydrogen-bond acceptors (Lipinski definition) is 3. The van der Waals surface area contributed by atoms with Gasteiger partial charge < -0.3 is 9.84 Å². The van der Waals surface area contributed by atoms with Crippen LogP contribution in [0.4, 0.5) is 0 Å². The zero-order valence-corrected chi connectivity index (χ0v) is 13.0. The molecule has 5 nitrogen and oxygen atoms in total. The molecule has 1 aromatic heterocycles. The number of carboxylic acids is 1. The number of benzene rings is 1. The van der Waals surface area contributed by atoms with Crippen LogP contribution in [0.5, 0.6) is 5.75 Å². The average Bonchev–Trinajstić information content (AvgIpc) is 2.73. The number of nitrogens with zero attached hydrogens (tertiary/aromatic N) is 1. The van der Waals surface area contributed by atoms with Crippen molar-refractivity contribution in [2.45, 2.75) is 26.9 Å². The van der Waals surface area contributed by atoms with Crippen LogP contribution in [0.15, 0.2) is 22.7 Å². The molecule has 0 radical (unpaired) electrons. The number of H-pyrrole nitrogens is 1. The Kier molecular flexibility index (Phi) is 4.13. The maximum Gasteiger partial charge on any atom is 0.339 e. The molecule has 0 aliphatic heterocycles. The lowest BCUT2D eigenvalue weighted by atomic mass is 10.1. The largest absolute Gasteiger partial charge is 0.490 e. The van der Waals surface area contributed by atoms with Crippen LogP contribution in [0, 0.1) is 6.92 Å². The van der Waals surface area contributed by atoms with Crippen LogP contribution in [-0.4, -0.2) is 27.4 Å². The van der Waals surface area contributed by atoms with Crippen molar-refractivity contribution in [1.82, 2.24) is 10.2 Å². The third kappa shape index (κ3) is 2.85. The van der Waals surface area contributed by atoms with E-state index >= 15 is 0 Å². The second-order valence-electron chi connectivity index (χ2n) is 4.68. The topological polar surface area (TPSA) is 75.2 Å². The molecule has 2 rings (SSSR count). The van der Waals surface area contributed by atoms with E-state index in [0.717, 1.165) is 4.47 Å². The number of carbonyl (C=O) groups is 1. The van der Waals surface area contributed by atoms with Crippen molar-refractivity contribution in [3.8, 4) is 17.0 Å². The Bertz CT molecular complexity index is 650. The Labute approximate surface area is 125 Å². The van der Waals surface area contributed by atoms with E-state index in [0.29, 0.717) is 22.7 Å². The van der Waals surface area contributed by atoms with Crippen LogP contribution in [0.2, 0.25) is 0 Å². The van der Waals surface area contributed by atoms with Crippen LogP contribution < -0.4 is 4.74 Å². The summed E-state index contributed by atoms with van der Waals surface area (Å²) in [5.74, 6) is -0.404. The highest BCUT2D eigenvalue weighted by molar-refractivity contribution is 9.10. The van der Waals surface area contributed by atoms with Gasteiger partial charge in [0.15, 0.2) is 0 Å². The van der Waals surface area contributed by atoms with E-state index in [1.54, 1.807) is 19.1 Å². The van der Waals surface area contributed by atoms with E-state index in [1.165, 1.54) is 0 Å². The fraction of sp³-hybridized carbons (Fsp3) is 0.286. The van der Waals surface area contributed by atoms with Crippen molar-refractivity contribution in [1.29, 1.82) is 0 Å². The first-order chi connectivity index (χ1) is 9.40. The number of aromatic amines is 1. The number of ether oxygens (including phenoxy) is 1. The number of halogens is 1. The molecule has 106 valence electrons. The van der Waals surface area contributed by atoms with Gasteiger partial charge in [-0.25, -0.2) is 4.79 Å². The predicted molar refractivity (Wildman–Crippen MR) is 79.2 cm³/mol. The summed E-state index contributed by atoms with van der Waals surface area (Å²) in [4.78, 5) is 11.4. The summed E-state index contributed by atoms with van der Waals surface area (Å²) in [6.07, 6.45) is -0.0109. The molecule has 0 unspecified atom stereocenters. The lowest BCUT2D eigenvalue weighted by Gasteiger charge is -2.14. The van der Waals surface area contributed by atoms with Crippen molar-refractivity contribution in [2.24, 2.45) is 0 Å². The van der Waals surface area contributed by atoms with Crippen LogP contribution in [0.1, 0.15) is 29.9 Å². The SMILES string of the molecule is Cc1[nH]nc(-c2cc(Br)ccc2OC(C)C)c1C(=O)O. The Hall–Kier alpha value is -1.82. The zero-order chi connectivity index (χ0) is 14.9. The molecule has 1 aromatic carbocycles. The van der Waals surface area contributed by atoms with Crippen LogP contribution in [0.3, 0.4) is 0 Å². The fourth-order valence-electron chi connectivity index (χ4n) is 1.93. The molecule has 0 bridgehead atoms. The molecule has 2 aromatic rings. The smallest absolute Gasteiger partial charge is 0.339 e. The zero-order valence-electron chi connectivity index (χ0n) is 11.4. The minimum atomic E-state index is -1.01. The van der Waals surface area contributed by atoms with Crippen molar-refractivity contribution < 1.29 is 14.6 Å². The first-order valence-corrected chi connectivity index (χ1v) is 6.94. The molecule has 0 amide bonds. The Morgan fingerprint density at radius 1 is 1.45 bits per heavy atom. The molecule has 0 atom stereocenters. The van der Waals surface area contributed by atoms with Crippen LogP contribution in [-0.2, 0) is 0 Å². The lowest BCUT2D eigenvalue weighted by Crippen LogP contribution is -2.07. The van der Waals surface area contributed by atoms with Gasteiger partial charge in [0.05, 0.1) is 6.10 Å². The maximum absolute atomic E-state index is 11.4. The van der Waals surface area contributed by atoms with Gasteiger partial charge in [0.2, 0.25) is 0 Å². The van der Waals surface area contributed by atoms with Crippen molar-refractivity contribution >= 4 is 21.9 Å². The Morgan fingerprint density at radius 3 is 2.75 bits per heavy atom. The summed E-state index contributed by atoms with van der Waals surface area (Å²) >= 11 is 3.39. The number of aryl methyl sites for hydroxylation is 1. The first-order valence-electron chi connectivity index (χ1n) is 6.15. The average molecular weight is 339 g/mol. The van der Waals surface area contributed by atoms with E-state index < -0.39 is 5.97 Å². The van der Waals surface area contributed by atoms with E-state index in [4.69, 9.17) is 4.74 Å². The molecule has 2 N–H and O–H groups in total. The minimum absolute atomic E-state index is 0.0109. The van der Waals surface area contributed by atoms with Crippen molar-refractivity contribution in [2.75, 3.05) is 0 Å². The van der Waals surface area contributed by atoms with E-state index in [1.807, 2.05) is 19.9 Å². The van der Waals surface area contributed by atoms with Gasteiger partial charge in [-0.05, 0) is 39.0 Å². The second kappa shape index (κ2) is 5.66. The van der Waals surface area contributed by atoms with Gasteiger partial charge in [-0.1, -0.05) is 15.9 Å². The first kappa shape index (κ1) is 14.6. The number of nitrogens with one attached hydrogen (secondary N) is 1. The number of aromatic nitrogens is 2. The molecule has 6 heteroatoms. The van der Waals surface area contributed by atoms with Gasteiger partial charge in [-0.2, -0.15) is 5.10 Å². The third-order valence-corrected chi connectivity index (χ3v) is 3.21. The van der Waals surface area contributed by atoms with Crippen LogP contribution in [0.25, 0.3) is 11.3 Å². The van der Waals surface area contributed by atoms with E-state index in [9.17, 15) is 9.90 Å². The summed E-state index contributed by atoms with van der Waals surface area (Å²) in [5.41, 5.74) is 1.71. The van der Waals surface area contributed by atoms with Gasteiger partial charge in [0.25, 0.3) is 0 Å². The molecular weight excluding hydrogens is 324 g/mol. The molecule has 0 spiro atoms. The summed E-state index contributed by atoms with van der Waals surface area (Å²) in [5, 5.41) is 16.2. The molecule has 0 saturated heterocycles. The van der Waals surface area contributed by atoms with Crippen molar-refractivity contribution in [3.63, 3.8) is 0 Å². The summed E-state index contributed by atoms with van der Waals surface area (Å²) in [7, 11) is 0. The Morgan fingerprint density at radius 2 is 2.15 bits per heavy atom. The monoisotopic (exact) mass is 338 g/mol. The van der Waals surface area contributed by atoms with Gasteiger partial charge in [0.1, 0.15) is 17.0 Å². The molecule has 0 aliphatic carbocycles. The fourth-order valence-corrected chi connectivity index (χ4v) is 2.29. The van der Waals surface area contributed by atoms with Gasteiger partial charge in [0, 0.05) is 15.7 Å². The minimum Gasteiger partial charge on any atom is -0.490 e. The van der Waals surface area contributed by atoms with E-state index in [-0.39, 0.29) is 11.7 Å². The predicted octanol–water partition coefficient (Wildman–Crippen LogP) is 3.63. The number of aromatic carboxylic acids is 1. The van der Waals surface area contributed by atoms with Crippen molar-refractivity contribution in [3.05, 3.63) is 33.9 Å². The Balaban J connectivity index is 2.62. The highest BCUT2D eigenvalue weighted by Crippen LogP contribution is 2.35. The number of rotatable bonds is 4. The van der Waals surface area contributed by atoms with Gasteiger partial charge in [-0.3, -0.25) is 5.10 Å². The lowest BCUT2D eigenvalue weighted by molar-refractivity contribution is 0.0697. The van der Waals surface area contributed by atoms with Gasteiger partial charge >= 0.3 is 5.97 Å². The molecule has 20 heavy (non-hydrogen) atoms.